The smallest absolute Gasteiger partial charge is 0.268 e. The first kappa shape index (κ1) is 42.3. The molecule has 3 aliphatic rings. The quantitative estimate of drug-likeness (QED) is 0.105. The van der Waals surface area contributed by atoms with E-state index in [2.05, 4.69) is 20.0 Å². The van der Waals surface area contributed by atoms with E-state index in [0.29, 0.717) is 78.0 Å². The van der Waals surface area contributed by atoms with Crippen molar-refractivity contribution in [1.82, 2.24) is 19.6 Å². The molecule has 0 bridgehead atoms. The lowest BCUT2D eigenvalue weighted by molar-refractivity contribution is 0.0431. The van der Waals surface area contributed by atoms with E-state index in [1.807, 2.05) is 42.5 Å². The third kappa shape index (κ3) is 9.19. The van der Waals surface area contributed by atoms with Crippen molar-refractivity contribution in [2.45, 2.75) is 31.8 Å². The van der Waals surface area contributed by atoms with Gasteiger partial charge in [0.1, 0.15) is 0 Å². The standard InChI is InChI=1S/C39H53N15O6/c1-47-35(42)49-38(45)52(4)19-16-23-25(32-57-27-9-7-8-21(29(27)59-32)15-18-53(5)39(46)54(6)34(40)41)11-13-28-31(23)60-33(58-28)24-10-12-26-30(56-20-55-26)22(24)14-17-48-36(43)50-37(44)51(2)3/h7-13,32-33,46H,14-20H2,1-6H3,(H3,40,41)(H4,42,45,47,49)(H4,43,44,48,50). The van der Waals surface area contributed by atoms with Crippen LogP contribution in [0.1, 0.15) is 40.4 Å². The Hall–Kier alpha value is -7.32. The molecule has 6 rings (SSSR count). The molecular weight excluding hydrogens is 775 g/mol. The van der Waals surface area contributed by atoms with Gasteiger partial charge in [0, 0.05) is 84.2 Å². The number of para-hydroxylation sites is 1. The molecule has 0 saturated heterocycles. The van der Waals surface area contributed by atoms with Crippen molar-refractivity contribution < 1.29 is 28.4 Å². The molecule has 3 aliphatic heterocycles. The maximum absolute atomic E-state index is 8.40. The predicted octanol–water partition coefficient (Wildman–Crippen LogP) is 1.06. The Morgan fingerprint density at radius 3 is 1.95 bits per heavy atom. The Labute approximate surface area is 348 Å². The van der Waals surface area contributed by atoms with Crippen LogP contribution in [0.3, 0.4) is 0 Å². The van der Waals surface area contributed by atoms with Crippen LogP contribution in [-0.4, -0.2) is 124 Å². The highest BCUT2D eigenvalue weighted by molar-refractivity contribution is 5.95. The van der Waals surface area contributed by atoms with Crippen molar-refractivity contribution >= 4 is 35.8 Å². The van der Waals surface area contributed by atoms with Gasteiger partial charge >= 0.3 is 0 Å². The number of likely N-dealkylation sites (N-methyl/N-ethyl adjacent to an activating group) is 2. The molecule has 0 saturated carbocycles. The lowest BCUT2D eigenvalue weighted by Crippen LogP contribution is -2.46. The van der Waals surface area contributed by atoms with Gasteiger partial charge < -0.3 is 71.8 Å². The molecule has 0 spiro atoms. The highest BCUT2D eigenvalue weighted by Crippen LogP contribution is 2.51. The minimum Gasteiger partial charge on any atom is -0.454 e. The van der Waals surface area contributed by atoms with Crippen molar-refractivity contribution in [2.24, 2.45) is 48.6 Å². The first-order chi connectivity index (χ1) is 28.7. The minimum absolute atomic E-state index is 0.0433. The Morgan fingerprint density at radius 1 is 0.667 bits per heavy atom. The topological polar surface area (TPSA) is 296 Å². The van der Waals surface area contributed by atoms with Crippen molar-refractivity contribution in [1.29, 1.82) is 10.8 Å². The molecule has 2 atom stereocenters. The third-order valence-electron chi connectivity index (χ3n) is 10.1. The normalized spacial score (nSPS) is 16.8. The van der Waals surface area contributed by atoms with Crippen LogP contribution >= 0.6 is 0 Å². The maximum atomic E-state index is 8.40. The first-order valence-corrected chi connectivity index (χ1v) is 19.0. The van der Waals surface area contributed by atoms with E-state index in [9.17, 15) is 0 Å². The summed E-state index contributed by atoms with van der Waals surface area (Å²) in [6, 6.07) is 13.2. The summed E-state index contributed by atoms with van der Waals surface area (Å²) in [7, 11) is 10.2. The second-order valence-electron chi connectivity index (χ2n) is 14.2. The molecule has 3 heterocycles. The van der Waals surface area contributed by atoms with Gasteiger partial charge in [-0.2, -0.15) is 9.98 Å². The Bertz CT molecular complexity index is 2240. The molecule has 0 radical (unpaired) electrons. The number of benzene rings is 3. The van der Waals surface area contributed by atoms with E-state index in [4.69, 9.17) is 67.9 Å². The number of rotatable bonds is 11. The molecule has 0 aromatic heterocycles. The fraction of sp³-hybridized carbons (Fsp3) is 0.385. The second kappa shape index (κ2) is 18.1. The summed E-state index contributed by atoms with van der Waals surface area (Å²) >= 11 is 0. The van der Waals surface area contributed by atoms with Gasteiger partial charge in [0.2, 0.25) is 18.7 Å². The largest absolute Gasteiger partial charge is 0.454 e. The summed E-state index contributed by atoms with van der Waals surface area (Å²) in [5.74, 6) is 3.73. The number of hydrogen-bond donors (Lipinski definition) is 7. The molecule has 320 valence electrons. The van der Waals surface area contributed by atoms with Crippen LogP contribution in [0.5, 0.6) is 34.5 Å². The number of nitrogens with two attached hydrogens (primary N) is 5. The summed E-state index contributed by atoms with van der Waals surface area (Å²) in [5, 5.41) is 16.1. The van der Waals surface area contributed by atoms with Crippen molar-refractivity contribution in [2.75, 3.05) is 68.7 Å². The minimum atomic E-state index is -0.862. The second-order valence-corrected chi connectivity index (χ2v) is 14.2. The lowest BCUT2D eigenvalue weighted by Gasteiger charge is -2.26. The van der Waals surface area contributed by atoms with Gasteiger partial charge in [0.05, 0.1) is 0 Å². The molecule has 21 nitrogen and oxygen atoms in total. The lowest BCUT2D eigenvalue weighted by atomic mass is 10.0. The van der Waals surface area contributed by atoms with Crippen LogP contribution in [0, 0.1) is 10.8 Å². The van der Waals surface area contributed by atoms with Crippen LogP contribution in [0.2, 0.25) is 0 Å². The molecule has 3 aromatic carbocycles. The van der Waals surface area contributed by atoms with Crippen molar-refractivity contribution in [3.63, 3.8) is 0 Å². The van der Waals surface area contributed by atoms with Gasteiger partial charge in [-0.3, -0.25) is 25.7 Å². The number of ether oxygens (including phenoxy) is 6. The van der Waals surface area contributed by atoms with Crippen LogP contribution < -0.4 is 57.1 Å². The first-order valence-electron chi connectivity index (χ1n) is 19.0. The van der Waals surface area contributed by atoms with Crippen LogP contribution in [0.4, 0.5) is 0 Å². The van der Waals surface area contributed by atoms with E-state index in [1.165, 1.54) is 11.9 Å². The summed E-state index contributed by atoms with van der Waals surface area (Å²) < 4.78 is 37.9. The SMILES string of the molecule is CN=C(N)N=C(N)N(C)CCc1c(C2Oc3cccc(CCN(C)C(=N)N(C)C(=N)N)c3O2)ccc2c1OC(c1ccc3c(c1CCN=C(N)N=C(N)N(C)C)OCO3)O2. The van der Waals surface area contributed by atoms with E-state index in [1.54, 1.807) is 49.9 Å². The van der Waals surface area contributed by atoms with Crippen molar-refractivity contribution in [3.8, 4) is 34.5 Å². The number of nitrogens with zero attached hydrogens (tertiary/aromatic N) is 8. The Balaban J connectivity index is 1.29. The van der Waals surface area contributed by atoms with E-state index in [-0.39, 0.29) is 49.1 Å². The van der Waals surface area contributed by atoms with E-state index < -0.39 is 12.6 Å². The molecule has 12 N–H and O–H groups in total. The van der Waals surface area contributed by atoms with Gasteiger partial charge in [0.25, 0.3) is 12.6 Å². The number of aliphatic imine (C=N–C) groups is 4. The van der Waals surface area contributed by atoms with Crippen LogP contribution in [-0.2, 0) is 19.3 Å². The summed E-state index contributed by atoms with van der Waals surface area (Å²) in [5.41, 5.74) is 33.6. The monoisotopic (exact) mass is 827 g/mol. The van der Waals surface area contributed by atoms with Gasteiger partial charge in [-0.1, -0.05) is 12.1 Å². The van der Waals surface area contributed by atoms with E-state index in [0.717, 1.165) is 16.7 Å². The molecule has 2 unspecified atom stereocenters. The molecule has 60 heavy (non-hydrogen) atoms. The summed E-state index contributed by atoms with van der Waals surface area (Å²) in [6.45, 7) is 1.20. The fourth-order valence-corrected chi connectivity index (χ4v) is 6.52. The predicted molar refractivity (Wildman–Crippen MR) is 228 cm³/mol. The van der Waals surface area contributed by atoms with Gasteiger partial charge in [0.15, 0.2) is 58.3 Å². The van der Waals surface area contributed by atoms with Crippen molar-refractivity contribution in [3.05, 3.63) is 70.3 Å². The maximum Gasteiger partial charge on any atom is 0.268 e. The Kier molecular flexibility index (Phi) is 12.7. The number of fused-ring (bicyclic) bond motifs is 3. The van der Waals surface area contributed by atoms with E-state index >= 15 is 0 Å². The number of guanidine groups is 6. The van der Waals surface area contributed by atoms with Gasteiger partial charge in [-0.25, -0.2) is 0 Å². The van der Waals surface area contributed by atoms with Crippen LogP contribution in [0.15, 0.2) is 62.4 Å². The Morgan fingerprint density at radius 2 is 1.28 bits per heavy atom. The van der Waals surface area contributed by atoms with Crippen LogP contribution in [0.25, 0.3) is 0 Å². The molecular formula is C39H53N15O6. The molecule has 21 heteroatoms. The summed E-state index contributed by atoms with van der Waals surface area (Å²) in [4.78, 5) is 23.0. The highest BCUT2D eigenvalue weighted by atomic mass is 16.7. The average Bonchev–Trinajstić information content (AvgIpc) is 4.00. The van der Waals surface area contributed by atoms with Gasteiger partial charge in [-0.15, -0.1) is 0 Å². The fourth-order valence-electron chi connectivity index (χ4n) is 6.52. The average molecular weight is 828 g/mol. The number of nitrogens with one attached hydrogen (secondary N) is 2. The third-order valence-corrected chi connectivity index (χ3v) is 10.1. The molecule has 3 aromatic rings. The summed E-state index contributed by atoms with van der Waals surface area (Å²) in [6.07, 6.45) is -0.359. The molecule has 0 fully saturated rings. The zero-order chi connectivity index (χ0) is 43.2. The number of hydrogen-bond acceptors (Lipinski definition) is 10. The van der Waals surface area contributed by atoms with Gasteiger partial charge in [-0.05, 0) is 55.2 Å². The zero-order valence-electron chi connectivity index (χ0n) is 34.6. The highest BCUT2D eigenvalue weighted by Gasteiger charge is 2.37. The molecule has 0 amide bonds. The zero-order valence-corrected chi connectivity index (χ0v) is 34.6. The molecule has 0 aliphatic carbocycles.